The van der Waals surface area contributed by atoms with E-state index in [0.29, 0.717) is 0 Å². The quantitative estimate of drug-likeness (QED) is 0.780. The Kier molecular flexibility index (Phi) is 3.92. The van der Waals surface area contributed by atoms with Crippen LogP contribution in [0.4, 0.5) is 0 Å². The third-order valence-electron chi connectivity index (χ3n) is 3.77. The van der Waals surface area contributed by atoms with Crippen LogP contribution in [-0.4, -0.2) is 26.8 Å². The van der Waals surface area contributed by atoms with E-state index in [1.165, 1.54) is 5.56 Å². The number of pyridine rings is 1. The lowest BCUT2D eigenvalue weighted by molar-refractivity contribution is 0.535. The Balaban J connectivity index is 1.99. The van der Waals surface area contributed by atoms with E-state index in [0.717, 1.165) is 29.7 Å². The Labute approximate surface area is 124 Å². The number of para-hydroxylation sites is 1. The molecule has 2 aromatic heterocycles. The maximum atomic E-state index is 4.54. The van der Waals surface area contributed by atoms with Crippen molar-refractivity contribution in [1.82, 2.24) is 25.1 Å². The highest BCUT2D eigenvalue weighted by atomic mass is 15.3. The average molecular weight is 281 g/mol. The van der Waals surface area contributed by atoms with Crippen molar-refractivity contribution in [2.75, 3.05) is 7.05 Å². The first-order valence-corrected chi connectivity index (χ1v) is 7.21. The highest BCUT2D eigenvalue weighted by molar-refractivity contribution is 5.82. The molecule has 0 fully saturated rings. The molecule has 2 heterocycles. The molecule has 1 aromatic carbocycles. The van der Waals surface area contributed by atoms with E-state index >= 15 is 0 Å². The van der Waals surface area contributed by atoms with Gasteiger partial charge in [0.15, 0.2) is 0 Å². The summed E-state index contributed by atoms with van der Waals surface area (Å²) < 4.78 is 1.93. The van der Waals surface area contributed by atoms with E-state index in [4.69, 9.17) is 0 Å². The van der Waals surface area contributed by atoms with Crippen molar-refractivity contribution in [3.8, 4) is 0 Å². The van der Waals surface area contributed by atoms with Gasteiger partial charge in [-0.3, -0.25) is 9.67 Å². The van der Waals surface area contributed by atoms with Gasteiger partial charge in [0.2, 0.25) is 0 Å². The molecule has 0 radical (unpaired) electrons. The fraction of sp³-hybridized carbons (Fsp3) is 0.312. The molecular weight excluding hydrogens is 262 g/mol. The van der Waals surface area contributed by atoms with Crippen LogP contribution in [0.1, 0.15) is 24.4 Å². The van der Waals surface area contributed by atoms with E-state index in [9.17, 15) is 0 Å². The monoisotopic (exact) mass is 281 g/mol. The minimum Gasteiger partial charge on any atom is -0.313 e. The second-order valence-corrected chi connectivity index (χ2v) is 4.96. The molecule has 0 aliphatic heterocycles. The summed E-state index contributed by atoms with van der Waals surface area (Å²) in [6, 6.07) is 10.5. The van der Waals surface area contributed by atoms with Crippen LogP contribution in [-0.2, 0) is 13.0 Å². The molecule has 0 aliphatic rings. The van der Waals surface area contributed by atoms with E-state index in [1.54, 1.807) is 6.33 Å². The van der Waals surface area contributed by atoms with E-state index in [1.807, 2.05) is 24.0 Å². The summed E-state index contributed by atoms with van der Waals surface area (Å²) in [6.45, 7) is 2.91. The summed E-state index contributed by atoms with van der Waals surface area (Å²) in [5, 5.41) is 8.78. The van der Waals surface area contributed by atoms with Gasteiger partial charge in [-0.25, -0.2) is 4.98 Å². The molecule has 5 heteroatoms. The number of hydrogen-bond donors (Lipinski definition) is 1. The molecule has 1 N–H and O–H groups in total. The van der Waals surface area contributed by atoms with Crippen molar-refractivity contribution in [2.24, 2.45) is 0 Å². The van der Waals surface area contributed by atoms with Gasteiger partial charge < -0.3 is 5.32 Å². The molecule has 0 amide bonds. The summed E-state index contributed by atoms with van der Waals surface area (Å²) in [6.07, 6.45) is 4.25. The van der Waals surface area contributed by atoms with Gasteiger partial charge in [0, 0.05) is 30.6 Å². The largest absolute Gasteiger partial charge is 0.313 e. The van der Waals surface area contributed by atoms with Crippen molar-refractivity contribution in [3.05, 3.63) is 54.2 Å². The zero-order valence-corrected chi connectivity index (χ0v) is 12.3. The molecule has 3 rings (SSSR count). The molecule has 3 aromatic rings. The molecular formula is C16H19N5. The van der Waals surface area contributed by atoms with Gasteiger partial charge in [-0.15, -0.1) is 0 Å². The summed E-state index contributed by atoms with van der Waals surface area (Å²) in [5.74, 6) is 0.991. The van der Waals surface area contributed by atoms with Crippen LogP contribution in [0.5, 0.6) is 0 Å². The van der Waals surface area contributed by atoms with Crippen molar-refractivity contribution in [1.29, 1.82) is 0 Å². The molecule has 0 saturated carbocycles. The van der Waals surface area contributed by atoms with Crippen LogP contribution in [0.25, 0.3) is 10.9 Å². The van der Waals surface area contributed by atoms with Gasteiger partial charge in [0.05, 0.1) is 5.52 Å². The number of nitrogens with one attached hydrogen (secondary N) is 1. The van der Waals surface area contributed by atoms with Crippen LogP contribution in [0.2, 0.25) is 0 Å². The standard InChI is InChI=1S/C16H19N5/c1-3-21-15(19-11-20-21)10-14(17-2)13-8-4-6-12-7-5-9-18-16(12)13/h4-9,11,14,17H,3,10H2,1-2H3. The molecule has 0 saturated heterocycles. The minimum absolute atomic E-state index is 0.165. The predicted octanol–water partition coefficient (Wildman–Crippen LogP) is 2.35. The molecule has 5 nitrogen and oxygen atoms in total. The van der Waals surface area contributed by atoms with Gasteiger partial charge in [0.25, 0.3) is 0 Å². The second kappa shape index (κ2) is 6.01. The van der Waals surface area contributed by atoms with Crippen LogP contribution in [0.3, 0.4) is 0 Å². The molecule has 0 aliphatic carbocycles. The Morgan fingerprint density at radius 2 is 2.05 bits per heavy atom. The number of benzene rings is 1. The summed E-state index contributed by atoms with van der Waals surface area (Å²) in [5.41, 5.74) is 2.24. The number of aromatic nitrogens is 4. The molecule has 1 unspecified atom stereocenters. The van der Waals surface area contributed by atoms with Gasteiger partial charge >= 0.3 is 0 Å². The topological polar surface area (TPSA) is 55.6 Å². The highest BCUT2D eigenvalue weighted by Crippen LogP contribution is 2.24. The fourth-order valence-electron chi connectivity index (χ4n) is 2.67. The molecule has 0 spiro atoms. The van der Waals surface area contributed by atoms with Gasteiger partial charge in [-0.2, -0.15) is 5.10 Å². The van der Waals surface area contributed by atoms with Crippen LogP contribution in [0, 0.1) is 0 Å². The Morgan fingerprint density at radius 3 is 2.86 bits per heavy atom. The lowest BCUT2D eigenvalue weighted by atomic mass is 10.00. The van der Waals surface area contributed by atoms with Crippen LogP contribution >= 0.6 is 0 Å². The number of nitrogens with zero attached hydrogens (tertiary/aromatic N) is 4. The summed E-state index contributed by atoms with van der Waals surface area (Å²) >= 11 is 0. The lowest BCUT2D eigenvalue weighted by Gasteiger charge is -2.18. The first kappa shape index (κ1) is 13.7. The van der Waals surface area contributed by atoms with Crippen molar-refractivity contribution < 1.29 is 0 Å². The third kappa shape index (κ3) is 2.64. The van der Waals surface area contributed by atoms with Gasteiger partial charge in [-0.05, 0) is 25.6 Å². The van der Waals surface area contributed by atoms with Crippen LogP contribution < -0.4 is 5.32 Å². The number of fused-ring (bicyclic) bond motifs is 1. The van der Waals surface area contributed by atoms with Crippen molar-refractivity contribution >= 4 is 10.9 Å². The Morgan fingerprint density at radius 1 is 1.19 bits per heavy atom. The summed E-state index contributed by atoms with van der Waals surface area (Å²) in [4.78, 5) is 8.91. The van der Waals surface area contributed by atoms with Crippen molar-refractivity contribution in [3.63, 3.8) is 0 Å². The average Bonchev–Trinajstić information content (AvgIpc) is 2.99. The fourth-order valence-corrected chi connectivity index (χ4v) is 2.67. The first-order valence-electron chi connectivity index (χ1n) is 7.21. The molecule has 21 heavy (non-hydrogen) atoms. The van der Waals surface area contributed by atoms with Gasteiger partial charge in [-0.1, -0.05) is 24.3 Å². The number of hydrogen-bond acceptors (Lipinski definition) is 4. The first-order chi connectivity index (χ1) is 10.3. The van der Waals surface area contributed by atoms with Crippen molar-refractivity contribution in [2.45, 2.75) is 25.9 Å². The minimum atomic E-state index is 0.165. The number of likely N-dealkylation sites (N-methyl/N-ethyl adjacent to an activating group) is 1. The smallest absolute Gasteiger partial charge is 0.138 e. The second-order valence-electron chi connectivity index (χ2n) is 4.96. The zero-order valence-electron chi connectivity index (χ0n) is 12.3. The predicted molar refractivity (Wildman–Crippen MR) is 82.9 cm³/mol. The highest BCUT2D eigenvalue weighted by Gasteiger charge is 2.16. The Bertz CT molecular complexity index is 729. The van der Waals surface area contributed by atoms with Crippen LogP contribution in [0.15, 0.2) is 42.9 Å². The van der Waals surface area contributed by atoms with E-state index in [2.05, 4.69) is 51.6 Å². The molecule has 1 atom stereocenters. The summed E-state index contributed by atoms with van der Waals surface area (Å²) in [7, 11) is 1.97. The lowest BCUT2D eigenvalue weighted by Crippen LogP contribution is -2.21. The van der Waals surface area contributed by atoms with E-state index in [-0.39, 0.29) is 6.04 Å². The zero-order chi connectivity index (χ0) is 14.7. The van der Waals surface area contributed by atoms with E-state index < -0.39 is 0 Å². The number of rotatable bonds is 5. The normalized spacial score (nSPS) is 12.7. The maximum Gasteiger partial charge on any atom is 0.138 e. The Hall–Kier alpha value is -2.27. The van der Waals surface area contributed by atoms with Gasteiger partial charge in [0.1, 0.15) is 12.2 Å². The number of aryl methyl sites for hydroxylation is 1. The molecule has 108 valence electrons. The maximum absolute atomic E-state index is 4.54. The molecule has 0 bridgehead atoms. The third-order valence-corrected chi connectivity index (χ3v) is 3.77. The SMILES string of the molecule is CCn1ncnc1CC(NC)c1cccc2cccnc12.